The van der Waals surface area contributed by atoms with Crippen LogP contribution in [0.3, 0.4) is 0 Å². The van der Waals surface area contributed by atoms with Crippen molar-refractivity contribution in [2.45, 2.75) is 58.3 Å². The number of anilines is 1. The number of nitro groups is 2. The number of non-ortho nitro benzene ring substituents is 1. The molecule has 0 saturated carbocycles. The third kappa shape index (κ3) is 7.17. The second kappa shape index (κ2) is 11.1. The van der Waals surface area contributed by atoms with Crippen LogP contribution in [0.15, 0.2) is 23.3 Å². The minimum absolute atomic E-state index is 0.140. The molecule has 1 aromatic carbocycles. The van der Waals surface area contributed by atoms with E-state index >= 15 is 0 Å². The molecule has 0 unspecified atom stereocenters. The summed E-state index contributed by atoms with van der Waals surface area (Å²) >= 11 is 0. The number of hydrazone groups is 1. The zero-order valence-corrected chi connectivity index (χ0v) is 13.9. The highest BCUT2D eigenvalue weighted by Gasteiger charge is 2.18. The normalized spacial score (nSPS) is 10.9. The monoisotopic (exact) mass is 336 g/mol. The van der Waals surface area contributed by atoms with E-state index in [1.807, 2.05) is 0 Å². The number of nitrogens with zero attached hydrogens (tertiary/aromatic N) is 3. The van der Waals surface area contributed by atoms with Gasteiger partial charge in [-0.05, 0) is 18.9 Å². The summed E-state index contributed by atoms with van der Waals surface area (Å²) in [6, 6.07) is 3.43. The Labute approximate surface area is 141 Å². The fraction of sp³-hybridized carbons (Fsp3) is 0.562. The van der Waals surface area contributed by atoms with Crippen molar-refractivity contribution in [1.82, 2.24) is 0 Å². The number of unbranched alkanes of at least 4 members (excludes halogenated alkanes) is 7. The van der Waals surface area contributed by atoms with Crippen molar-refractivity contribution in [2.24, 2.45) is 5.10 Å². The summed E-state index contributed by atoms with van der Waals surface area (Å²) in [5.41, 5.74) is 2.04. The van der Waals surface area contributed by atoms with Gasteiger partial charge in [0.1, 0.15) is 5.69 Å². The van der Waals surface area contributed by atoms with E-state index in [9.17, 15) is 20.2 Å². The van der Waals surface area contributed by atoms with Gasteiger partial charge in [0, 0.05) is 12.3 Å². The molecule has 0 amide bonds. The Balaban J connectivity index is 2.38. The molecule has 0 radical (unpaired) electrons. The molecule has 0 aliphatic rings. The van der Waals surface area contributed by atoms with Gasteiger partial charge in [0.2, 0.25) is 0 Å². The van der Waals surface area contributed by atoms with Crippen molar-refractivity contribution in [3.05, 3.63) is 38.4 Å². The quantitative estimate of drug-likeness (QED) is 0.249. The smallest absolute Gasteiger partial charge is 0.272 e. The molecule has 0 aliphatic heterocycles. The summed E-state index contributed by atoms with van der Waals surface area (Å²) in [5, 5.41) is 25.6. The number of benzene rings is 1. The number of nitrogens with one attached hydrogen (secondary N) is 1. The van der Waals surface area contributed by atoms with Gasteiger partial charge in [-0.1, -0.05) is 45.4 Å². The van der Waals surface area contributed by atoms with Crippen molar-refractivity contribution in [1.29, 1.82) is 0 Å². The Bertz CT molecular complexity index is 575. The Kier molecular flexibility index (Phi) is 9.03. The van der Waals surface area contributed by atoms with Gasteiger partial charge in [0.15, 0.2) is 0 Å². The highest BCUT2D eigenvalue weighted by atomic mass is 16.6. The van der Waals surface area contributed by atoms with Crippen LogP contribution in [0.2, 0.25) is 0 Å². The number of nitro benzene ring substituents is 2. The second-order valence-corrected chi connectivity index (χ2v) is 5.55. The first-order chi connectivity index (χ1) is 11.6. The average molecular weight is 336 g/mol. The standard InChI is InChI=1S/C16H24N4O4/c1-2-3-4-5-6-7-8-9-12-17-18-15-11-10-14(19(21)22)13-16(15)20(23)24/h10-13,18H,2-9H2,1H3. The molecule has 1 aromatic rings. The van der Waals surface area contributed by atoms with Crippen LogP contribution in [0.1, 0.15) is 58.3 Å². The molecule has 0 aliphatic carbocycles. The number of hydrogen-bond donors (Lipinski definition) is 1. The zero-order valence-electron chi connectivity index (χ0n) is 13.9. The number of hydrogen-bond acceptors (Lipinski definition) is 6. The van der Waals surface area contributed by atoms with Crippen LogP contribution in [0.25, 0.3) is 0 Å². The first-order valence-corrected chi connectivity index (χ1v) is 8.26. The zero-order chi connectivity index (χ0) is 17.8. The molecule has 0 bridgehead atoms. The van der Waals surface area contributed by atoms with Crippen molar-refractivity contribution >= 4 is 23.3 Å². The van der Waals surface area contributed by atoms with Crippen LogP contribution < -0.4 is 5.43 Å². The minimum Gasteiger partial charge on any atom is -0.272 e. The van der Waals surface area contributed by atoms with Crippen molar-refractivity contribution in [2.75, 3.05) is 5.43 Å². The van der Waals surface area contributed by atoms with Crippen LogP contribution in [0, 0.1) is 20.2 Å². The largest absolute Gasteiger partial charge is 0.301 e. The molecule has 0 fully saturated rings. The van der Waals surface area contributed by atoms with Crippen molar-refractivity contribution in [3.63, 3.8) is 0 Å². The predicted octanol–water partition coefficient (Wildman–Crippen LogP) is 5.04. The fourth-order valence-electron chi connectivity index (χ4n) is 2.25. The molecular weight excluding hydrogens is 312 g/mol. The molecule has 0 atom stereocenters. The number of rotatable bonds is 12. The maximum absolute atomic E-state index is 11.0. The molecule has 1 N–H and O–H groups in total. The van der Waals surface area contributed by atoms with E-state index in [1.54, 1.807) is 6.21 Å². The van der Waals surface area contributed by atoms with Gasteiger partial charge in [-0.2, -0.15) is 5.10 Å². The maximum atomic E-state index is 11.0. The molecule has 8 heteroatoms. The lowest BCUT2D eigenvalue weighted by Gasteiger charge is -2.02. The highest BCUT2D eigenvalue weighted by molar-refractivity contribution is 5.67. The molecule has 24 heavy (non-hydrogen) atoms. The Morgan fingerprint density at radius 2 is 1.71 bits per heavy atom. The summed E-state index contributed by atoms with van der Waals surface area (Å²) < 4.78 is 0. The summed E-state index contributed by atoms with van der Waals surface area (Å²) in [5.74, 6) is 0. The summed E-state index contributed by atoms with van der Waals surface area (Å²) in [7, 11) is 0. The average Bonchev–Trinajstić information content (AvgIpc) is 2.56. The predicted molar refractivity (Wildman–Crippen MR) is 94.5 cm³/mol. The van der Waals surface area contributed by atoms with Gasteiger partial charge in [0.25, 0.3) is 5.69 Å². The van der Waals surface area contributed by atoms with Crippen LogP contribution in [0.5, 0.6) is 0 Å². The first kappa shape index (κ1) is 19.5. The lowest BCUT2D eigenvalue weighted by atomic mass is 10.1. The third-order valence-electron chi connectivity index (χ3n) is 3.60. The minimum atomic E-state index is -0.666. The molecular formula is C16H24N4O4. The fourth-order valence-corrected chi connectivity index (χ4v) is 2.25. The van der Waals surface area contributed by atoms with Gasteiger partial charge >= 0.3 is 5.69 Å². The molecule has 1 rings (SSSR count). The van der Waals surface area contributed by atoms with E-state index in [1.165, 1.54) is 44.2 Å². The van der Waals surface area contributed by atoms with Gasteiger partial charge < -0.3 is 0 Å². The summed E-state index contributed by atoms with van der Waals surface area (Å²) in [6.07, 6.45) is 10.9. The summed E-state index contributed by atoms with van der Waals surface area (Å²) in [4.78, 5) is 20.3. The van der Waals surface area contributed by atoms with Crippen LogP contribution >= 0.6 is 0 Å². The van der Waals surface area contributed by atoms with Crippen LogP contribution in [-0.4, -0.2) is 16.1 Å². The van der Waals surface area contributed by atoms with Gasteiger partial charge in [-0.25, -0.2) is 0 Å². The highest BCUT2D eigenvalue weighted by Crippen LogP contribution is 2.28. The van der Waals surface area contributed by atoms with Crippen LogP contribution in [0.4, 0.5) is 17.1 Å². The van der Waals surface area contributed by atoms with Gasteiger partial charge in [-0.15, -0.1) is 0 Å². The van der Waals surface area contributed by atoms with Crippen LogP contribution in [-0.2, 0) is 0 Å². The lowest BCUT2D eigenvalue weighted by Crippen LogP contribution is -1.98. The molecule has 0 heterocycles. The Morgan fingerprint density at radius 1 is 1.04 bits per heavy atom. The molecule has 0 spiro atoms. The SMILES string of the molecule is CCCCCCCCCC=NNc1ccc([N+](=O)[O-])cc1[N+](=O)[O-]. The maximum Gasteiger partial charge on any atom is 0.301 e. The first-order valence-electron chi connectivity index (χ1n) is 8.26. The molecule has 0 saturated heterocycles. The Morgan fingerprint density at radius 3 is 2.33 bits per heavy atom. The second-order valence-electron chi connectivity index (χ2n) is 5.55. The van der Waals surface area contributed by atoms with E-state index in [4.69, 9.17) is 0 Å². The van der Waals surface area contributed by atoms with Gasteiger partial charge in [0.05, 0.1) is 15.9 Å². The molecule has 8 nitrogen and oxygen atoms in total. The van der Waals surface area contributed by atoms with Crippen molar-refractivity contribution < 1.29 is 9.85 Å². The van der Waals surface area contributed by atoms with Gasteiger partial charge in [-0.3, -0.25) is 25.7 Å². The van der Waals surface area contributed by atoms with E-state index in [0.717, 1.165) is 25.3 Å². The Hall–Kier alpha value is -2.51. The topological polar surface area (TPSA) is 111 Å². The van der Waals surface area contributed by atoms with E-state index in [0.29, 0.717) is 0 Å². The third-order valence-corrected chi connectivity index (χ3v) is 3.60. The molecule has 132 valence electrons. The lowest BCUT2D eigenvalue weighted by molar-refractivity contribution is -0.393. The van der Waals surface area contributed by atoms with E-state index in [-0.39, 0.29) is 17.1 Å². The summed E-state index contributed by atoms with van der Waals surface area (Å²) in [6.45, 7) is 2.19. The van der Waals surface area contributed by atoms with E-state index < -0.39 is 9.85 Å². The van der Waals surface area contributed by atoms with Crippen molar-refractivity contribution in [3.8, 4) is 0 Å². The molecule has 0 aromatic heterocycles. The van der Waals surface area contributed by atoms with E-state index in [2.05, 4.69) is 17.5 Å².